The number of hydrogen-bond acceptors (Lipinski definition) is 2. The second-order valence-corrected chi connectivity index (χ2v) is 6.91. The number of hydrogen-bond donors (Lipinski definition) is 0. The number of likely N-dealkylation sites (tertiary alicyclic amines) is 1. The van der Waals surface area contributed by atoms with Crippen LogP contribution in [0.4, 0.5) is 0 Å². The van der Waals surface area contributed by atoms with Gasteiger partial charge in [-0.15, -0.1) is 0 Å². The summed E-state index contributed by atoms with van der Waals surface area (Å²) in [7, 11) is 0. The van der Waals surface area contributed by atoms with E-state index in [2.05, 4.69) is 19.1 Å². The zero-order valence-corrected chi connectivity index (χ0v) is 15.4. The minimum Gasteiger partial charge on any atom is -0.352 e. The van der Waals surface area contributed by atoms with Gasteiger partial charge in [0.05, 0.1) is 12.6 Å². The average Bonchev–Trinajstić information content (AvgIpc) is 2.73. The summed E-state index contributed by atoms with van der Waals surface area (Å²) in [6, 6.07) is 30.1. The summed E-state index contributed by atoms with van der Waals surface area (Å²) in [6.45, 7) is 2.55. The molecule has 0 spiro atoms. The van der Waals surface area contributed by atoms with Crippen LogP contribution in [-0.4, -0.2) is 17.0 Å². The molecule has 0 saturated carbocycles. The first-order chi connectivity index (χ1) is 13.3. The van der Waals surface area contributed by atoms with Gasteiger partial charge in [0.1, 0.15) is 12.1 Å². The maximum absolute atomic E-state index is 13.0. The number of benzene rings is 3. The molecule has 3 atom stereocenters. The zero-order chi connectivity index (χ0) is 18.6. The van der Waals surface area contributed by atoms with E-state index in [9.17, 15) is 4.79 Å². The first-order valence-electron chi connectivity index (χ1n) is 9.33. The van der Waals surface area contributed by atoms with Gasteiger partial charge in [-0.25, -0.2) is 0 Å². The summed E-state index contributed by atoms with van der Waals surface area (Å²) >= 11 is 0. The molecule has 3 unspecified atom stereocenters. The lowest BCUT2D eigenvalue weighted by Gasteiger charge is -2.50. The Kier molecular flexibility index (Phi) is 5.03. The Morgan fingerprint density at radius 2 is 1.41 bits per heavy atom. The maximum Gasteiger partial charge on any atom is 0.237 e. The Morgan fingerprint density at radius 3 is 2.04 bits per heavy atom. The molecule has 0 bridgehead atoms. The number of rotatable bonds is 6. The monoisotopic (exact) mass is 357 g/mol. The molecule has 1 aliphatic rings. The van der Waals surface area contributed by atoms with Crippen LogP contribution in [-0.2, 0) is 16.1 Å². The Bertz CT molecular complexity index is 880. The number of carbonyl (C=O) groups is 1. The van der Waals surface area contributed by atoms with Gasteiger partial charge in [-0.1, -0.05) is 91.0 Å². The lowest BCUT2D eigenvalue weighted by molar-refractivity contribution is -0.191. The minimum absolute atomic E-state index is 0.0283. The van der Waals surface area contributed by atoms with Gasteiger partial charge in [0.25, 0.3) is 0 Å². The lowest BCUT2D eigenvalue weighted by atomic mass is 9.85. The Labute approximate surface area is 160 Å². The van der Waals surface area contributed by atoms with Crippen molar-refractivity contribution in [3.63, 3.8) is 0 Å². The molecule has 0 aromatic heterocycles. The largest absolute Gasteiger partial charge is 0.352 e. The standard InChI is InChI=1S/C24H23NO2/c1-18(20-13-7-3-8-14-20)25-23(26)22(21-15-9-4-10-16-21)24(25)27-17-19-11-5-2-6-12-19/h2-16,18,22,24H,17H2,1H3. The highest BCUT2D eigenvalue weighted by atomic mass is 16.5. The molecule has 3 heteroatoms. The van der Waals surface area contributed by atoms with E-state index in [-0.39, 0.29) is 24.1 Å². The van der Waals surface area contributed by atoms with Gasteiger partial charge in [0.2, 0.25) is 5.91 Å². The van der Waals surface area contributed by atoms with Crippen LogP contribution < -0.4 is 0 Å². The molecule has 136 valence electrons. The highest BCUT2D eigenvalue weighted by Gasteiger charge is 2.51. The fraction of sp³-hybridized carbons (Fsp3) is 0.208. The van der Waals surface area contributed by atoms with Crippen molar-refractivity contribution in [3.8, 4) is 0 Å². The second kappa shape index (κ2) is 7.77. The molecular formula is C24H23NO2. The third-order valence-corrected chi connectivity index (χ3v) is 5.20. The van der Waals surface area contributed by atoms with Crippen molar-refractivity contribution >= 4 is 5.91 Å². The molecule has 1 fully saturated rings. The third-order valence-electron chi connectivity index (χ3n) is 5.20. The normalized spacial score (nSPS) is 20.2. The van der Waals surface area contributed by atoms with Crippen molar-refractivity contribution < 1.29 is 9.53 Å². The lowest BCUT2D eigenvalue weighted by Crippen LogP contribution is -2.60. The SMILES string of the molecule is CC(c1ccccc1)N1C(=O)C(c2ccccc2)C1OCc1ccccc1. The molecule has 3 nitrogen and oxygen atoms in total. The quantitative estimate of drug-likeness (QED) is 0.586. The van der Waals surface area contributed by atoms with E-state index in [0.717, 1.165) is 16.7 Å². The van der Waals surface area contributed by atoms with Gasteiger partial charge < -0.3 is 9.64 Å². The molecule has 1 aliphatic heterocycles. The predicted octanol–water partition coefficient (Wildman–Crippen LogP) is 4.92. The molecular weight excluding hydrogens is 334 g/mol. The van der Waals surface area contributed by atoms with Gasteiger partial charge >= 0.3 is 0 Å². The summed E-state index contributed by atoms with van der Waals surface area (Å²) in [6.07, 6.45) is -0.268. The molecule has 3 aromatic rings. The minimum atomic E-state index is -0.268. The van der Waals surface area contributed by atoms with E-state index in [4.69, 9.17) is 4.74 Å². The summed E-state index contributed by atoms with van der Waals surface area (Å²) < 4.78 is 6.26. The van der Waals surface area contributed by atoms with E-state index in [0.29, 0.717) is 6.61 Å². The number of ether oxygens (including phenoxy) is 1. The van der Waals surface area contributed by atoms with Crippen LogP contribution in [0.15, 0.2) is 91.0 Å². The van der Waals surface area contributed by atoms with E-state index in [1.165, 1.54) is 0 Å². The van der Waals surface area contributed by atoms with Crippen LogP contribution in [0, 0.1) is 0 Å². The number of β-lactam (4-membered cyclic amide) rings is 1. The van der Waals surface area contributed by atoms with Gasteiger partial charge in [-0.05, 0) is 23.6 Å². The molecule has 27 heavy (non-hydrogen) atoms. The van der Waals surface area contributed by atoms with Crippen LogP contribution in [0.25, 0.3) is 0 Å². The number of amides is 1. The van der Waals surface area contributed by atoms with E-state index >= 15 is 0 Å². The van der Waals surface area contributed by atoms with Crippen LogP contribution in [0.5, 0.6) is 0 Å². The molecule has 1 saturated heterocycles. The van der Waals surface area contributed by atoms with Crippen molar-refractivity contribution in [3.05, 3.63) is 108 Å². The molecule has 4 rings (SSSR count). The van der Waals surface area contributed by atoms with E-state index in [1.54, 1.807) is 0 Å². The van der Waals surface area contributed by atoms with Crippen molar-refractivity contribution in [1.82, 2.24) is 4.90 Å². The van der Waals surface area contributed by atoms with E-state index < -0.39 is 0 Å². The van der Waals surface area contributed by atoms with Gasteiger partial charge in [0, 0.05) is 0 Å². The van der Waals surface area contributed by atoms with Crippen molar-refractivity contribution in [2.24, 2.45) is 0 Å². The Balaban J connectivity index is 1.58. The number of nitrogens with zero attached hydrogens (tertiary/aromatic N) is 1. The van der Waals surface area contributed by atoms with Gasteiger partial charge in [-0.3, -0.25) is 4.79 Å². The summed E-state index contributed by atoms with van der Waals surface area (Å²) in [5.74, 6) is -0.128. The van der Waals surface area contributed by atoms with Crippen molar-refractivity contribution in [1.29, 1.82) is 0 Å². The highest BCUT2D eigenvalue weighted by Crippen LogP contribution is 2.42. The smallest absolute Gasteiger partial charge is 0.237 e. The zero-order valence-electron chi connectivity index (χ0n) is 15.4. The molecule has 0 radical (unpaired) electrons. The number of carbonyl (C=O) groups excluding carboxylic acids is 1. The third kappa shape index (κ3) is 3.51. The molecule has 0 aliphatic carbocycles. The predicted molar refractivity (Wildman–Crippen MR) is 106 cm³/mol. The van der Waals surface area contributed by atoms with Gasteiger partial charge in [-0.2, -0.15) is 0 Å². The molecule has 0 N–H and O–H groups in total. The van der Waals surface area contributed by atoms with Crippen molar-refractivity contribution in [2.45, 2.75) is 31.7 Å². The van der Waals surface area contributed by atoms with Crippen LogP contribution in [0.2, 0.25) is 0 Å². The Morgan fingerprint density at radius 1 is 0.852 bits per heavy atom. The van der Waals surface area contributed by atoms with Crippen LogP contribution in [0.1, 0.15) is 35.6 Å². The first kappa shape index (κ1) is 17.5. The summed E-state index contributed by atoms with van der Waals surface area (Å²) in [4.78, 5) is 14.9. The second-order valence-electron chi connectivity index (χ2n) is 6.91. The topological polar surface area (TPSA) is 29.5 Å². The molecule has 3 aromatic carbocycles. The summed E-state index contributed by atoms with van der Waals surface area (Å²) in [5, 5.41) is 0. The van der Waals surface area contributed by atoms with Crippen molar-refractivity contribution in [2.75, 3.05) is 0 Å². The molecule has 1 amide bonds. The average molecular weight is 357 g/mol. The maximum atomic E-state index is 13.0. The summed E-state index contributed by atoms with van der Waals surface area (Å²) in [5.41, 5.74) is 3.23. The van der Waals surface area contributed by atoms with Crippen LogP contribution in [0.3, 0.4) is 0 Å². The Hall–Kier alpha value is -2.91. The first-order valence-corrected chi connectivity index (χ1v) is 9.33. The van der Waals surface area contributed by atoms with Crippen LogP contribution >= 0.6 is 0 Å². The fourth-order valence-corrected chi connectivity index (χ4v) is 3.69. The highest BCUT2D eigenvalue weighted by molar-refractivity contribution is 5.91. The van der Waals surface area contributed by atoms with Gasteiger partial charge in [0.15, 0.2) is 0 Å². The molecule has 1 heterocycles. The van der Waals surface area contributed by atoms with E-state index in [1.807, 2.05) is 83.8 Å². The fourth-order valence-electron chi connectivity index (χ4n) is 3.69.